The van der Waals surface area contributed by atoms with Crippen molar-refractivity contribution in [2.75, 3.05) is 23.5 Å². The van der Waals surface area contributed by atoms with Crippen LogP contribution in [0.3, 0.4) is 0 Å². The molecule has 2 aliphatic heterocycles. The van der Waals surface area contributed by atoms with E-state index in [0.717, 1.165) is 5.57 Å². The minimum absolute atomic E-state index is 0.0497. The predicted octanol–water partition coefficient (Wildman–Crippen LogP) is 3.19. The number of rotatable bonds is 7. The van der Waals surface area contributed by atoms with Gasteiger partial charge in [-0.3, -0.25) is 14.5 Å². The summed E-state index contributed by atoms with van der Waals surface area (Å²) in [6.07, 6.45) is 1.88. The van der Waals surface area contributed by atoms with Gasteiger partial charge in [0.05, 0.1) is 10.8 Å². The summed E-state index contributed by atoms with van der Waals surface area (Å²) < 4.78 is 0. The van der Waals surface area contributed by atoms with Gasteiger partial charge in [-0.15, -0.1) is 23.5 Å². The molecule has 1 fully saturated rings. The van der Waals surface area contributed by atoms with Crippen molar-refractivity contribution in [3.05, 3.63) is 39.5 Å². The number of hydrogen-bond acceptors (Lipinski definition) is 6. The molecular formula is C17H16Cl2N2O4S3. The van der Waals surface area contributed by atoms with E-state index in [9.17, 15) is 19.5 Å². The number of nitrogens with zero attached hydrogens (tertiary/aromatic N) is 1. The first-order valence-electron chi connectivity index (χ1n) is 8.09. The van der Waals surface area contributed by atoms with Crippen LogP contribution in [0.2, 0.25) is 10.0 Å². The highest BCUT2D eigenvalue weighted by atomic mass is 35.5. The summed E-state index contributed by atoms with van der Waals surface area (Å²) >= 11 is 16.2. The molecule has 2 aliphatic rings. The molecule has 1 saturated heterocycles. The fourth-order valence-corrected chi connectivity index (χ4v) is 6.28. The number of benzene rings is 1. The summed E-state index contributed by atoms with van der Waals surface area (Å²) in [7, 11) is 0. The maximum atomic E-state index is 12.5. The van der Waals surface area contributed by atoms with Gasteiger partial charge in [-0.2, -0.15) is 11.8 Å². The van der Waals surface area contributed by atoms with Gasteiger partial charge in [0.1, 0.15) is 17.1 Å². The first-order chi connectivity index (χ1) is 13.3. The molecule has 0 aliphatic carbocycles. The van der Waals surface area contributed by atoms with E-state index in [1.807, 2.05) is 6.26 Å². The SMILES string of the molecule is CSCC1=C(C(=O)O)N2C(=O)C(NC(=O)CSc3cc(Cl)ccc3Cl)[C@@H]2SC1. The van der Waals surface area contributed by atoms with Crippen molar-refractivity contribution in [3.8, 4) is 0 Å². The van der Waals surface area contributed by atoms with Gasteiger partial charge in [-0.1, -0.05) is 23.2 Å². The maximum absolute atomic E-state index is 12.5. The van der Waals surface area contributed by atoms with Crippen molar-refractivity contribution in [2.24, 2.45) is 0 Å². The Hall–Kier alpha value is -1.000. The maximum Gasteiger partial charge on any atom is 0.352 e. The van der Waals surface area contributed by atoms with E-state index in [2.05, 4.69) is 5.32 Å². The summed E-state index contributed by atoms with van der Waals surface area (Å²) in [5.74, 6) is -0.683. The van der Waals surface area contributed by atoms with Crippen molar-refractivity contribution < 1.29 is 19.5 Å². The highest BCUT2D eigenvalue weighted by molar-refractivity contribution is 8.01. The van der Waals surface area contributed by atoms with Crippen LogP contribution < -0.4 is 5.32 Å². The molecule has 0 spiro atoms. The lowest BCUT2D eigenvalue weighted by Crippen LogP contribution is -2.70. The van der Waals surface area contributed by atoms with Gasteiger partial charge in [0, 0.05) is 21.4 Å². The number of thioether (sulfide) groups is 3. The molecule has 0 radical (unpaired) electrons. The van der Waals surface area contributed by atoms with Gasteiger partial charge in [-0.05, 0) is 30.0 Å². The molecule has 28 heavy (non-hydrogen) atoms. The zero-order valence-electron chi connectivity index (χ0n) is 14.6. The van der Waals surface area contributed by atoms with Gasteiger partial charge < -0.3 is 10.4 Å². The number of carbonyl (C=O) groups is 3. The van der Waals surface area contributed by atoms with Gasteiger partial charge in [0.2, 0.25) is 5.91 Å². The van der Waals surface area contributed by atoms with Gasteiger partial charge in [0.15, 0.2) is 0 Å². The first-order valence-corrected chi connectivity index (χ1v) is 12.3. The zero-order chi connectivity index (χ0) is 20.4. The number of carbonyl (C=O) groups excluding carboxylic acids is 2. The van der Waals surface area contributed by atoms with E-state index >= 15 is 0 Å². The van der Waals surface area contributed by atoms with Crippen molar-refractivity contribution in [2.45, 2.75) is 16.3 Å². The van der Waals surface area contributed by atoms with Crippen LogP contribution in [-0.4, -0.2) is 62.7 Å². The average Bonchev–Trinajstić information content (AvgIpc) is 2.66. The number of carboxylic acids is 1. The second-order valence-electron chi connectivity index (χ2n) is 6.01. The van der Waals surface area contributed by atoms with Crippen LogP contribution in [0.15, 0.2) is 34.4 Å². The lowest BCUT2D eigenvalue weighted by molar-refractivity contribution is -0.150. The summed E-state index contributed by atoms with van der Waals surface area (Å²) in [6, 6.07) is 4.27. The van der Waals surface area contributed by atoms with E-state index in [1.54, 1.807) is 18.2 Å². The van der Waals surface area contributed by atoms with Crippen molar-refractivity contribution >= 4 is 76.3 Å². The van der Waals surface area contributed by atoms with Gasteiger partial charge in [0.25, 0.3) is 5.91 Å². The molecule has 0 aromatic heterocycles. The quantitative estimate of drug-likeness (QED) is 0.459. The normalized spacial score (nSPS) is 21.2. The predicted molar refractivity (Wildman–Crippen MR) is 115 cm³/mol. The van der Waals surface area contributed by atoms with E-state index in [1.165, 1.54) is 40.2 Å². The number of nitrogens with one attached hydrogen (secondary N) is 1. The number of aliphatic carboxylic acids is 1. The fraction of sp³-hybridized carbons (Fsp3) is 0.353. The molecular weight excluding hydrogens is 463 g/mol. The largest absolute Gasteiger partial charge is 0.477 e. The van der Waals surface area contributed by atoms with Crippen LogP contribution in [0.5, 0.6) is 0 Å². The number of carboxylic acid groups (broad SMARTS) is 1. The molecule has 1 aromatic rings. The molecule has 2 heterocycles. The Labute approximate surface area is 184 Å². The second kappa shape index (κ2) is 9.21. The number of hydrogen-bond donors (Lipinski definition) is 2. The lowest BCUT2D eigenvalue weighted by atomic mass is 10.0. The molecule has 1 unspecified atom stereocenters. The molecule has 3 rings (SSSR count). The number of halogens is 2. The Morgan fingerprint density at radius 3 is 2.82 bits per heavy atom. The molecule has 150 valence electrons. The average molecular weight is 479 g/mol. The van der Waals surface area contributed by atoms with E-state index in [0.29, 0.717) is 26.4 Å². The molecule has 0 bridgehead atoms. The molecule has 0 saturated carbocycles. The molecule has 2 atom stereocenters. The summed E-state index contributed by atoms with van der Waals surface area (Å²) in [5, 5.41) is 12.8. The fourth-order valence-electron chi connectivity index (χ4n) is 2.91. The standard InChI is InChI=1S/C17H16Cl2N2O4S3/c1-26-5-8-6-28-16-13(15(23)21(16)14(8)17(24)25)20-12(22)7-27-11-4-9(18)2-3-10(11)19/h2-4,13,16H,5-7H2,1H3,(H,20,22)(H,24,25)/t13?,16-/m0/s1. The van der Waals surface area contributed by atoms with Gasteiger partial charge in [-0.25, -0.2) is 4.79 Å². The summed E-state index contributed by atoms with van der Waals surface area (Å²) in [5.41, 5.74) is 0.777. The van der Waals surface area contributed by atoms with Gasteiger partial charge >= 0.3 is 5.97 Å². The van der Waals surface area contributed by atoms with Crippen LogP contribution in [0, 0.1) is 0 Å². The Morgan fingerprint density at radius 1 is 1.39 bits per heavy atom. The minimum atomic E-state index is -1.11. The molecule has 1 aromatic carbocycles. The van der Waals surface area contributed by atoms with Crippen molar-refractivity contribution in [1.29, 1.82) is 0 Å². The van der Waals surface area contributed by atoms with E-state index in [-0.39, 0.29) is 17.4 Å². The highest BCUT2D eigenvalue weighted by Crippen LogP contribution is 2.41. The van der Waals surface area contributed by atoms with E-state index in [4.69, 9.17) is 23.2 Å². The Morgan fingerprint density at radius 2 is 2.14 bits per heavy atom. The number of amides is 2. The Kier molecular flexibility index (Phi) is 7.14. The second-order valence-corrected chi connectivity index (χ2v) is 9.84. The highest BCUT2D eigenvalue weighted by Gasteiger charge is 2.54. The van der Waals surface area contributed by atoms with Crippen LogP contribution in [0.25, 0.3) is 0 Å². The first kappa shape index (κ1) is 21.7. The third-order valence-electron chi connectivity index (χ3n) is 4.14. The molecule has 2 amide bonds. The Bertz CT molecular complexity index is 865. The zero-order valence-corrected chi connectivity index (χ0v) is 18.6. The van der Waals surface area contributed by atoms with Crippen LogP contribution in [0.4, 0.5) is 0 Å². The summed E-state index contributed by atoms with van der Waals surface area (Å²) in [4.78, 5) is 38.4. The smallest absolute Gasteiger partial charge is 0.352 e. The Balaban J connectivity index is 1.62. The third-order valence-corrected chi connectivity index (χ3v) is 7.85. The van der Waals surface area contributed by atoms with Crippen LogP contribution >= 0.6 is 58.5 Å². The molecule has 11 heteroatoms. The van der Waals surface area contributed by atoms with E-state index < -0.39 is 23.3 Å². The lowest BCUT2D eigenvalue weighted by Gasteiger charge is -2.49. The number of β-lactam (4-membered cyclic amide) rings is 1. The topological polar surface area (TPSA) is 86.7 Å². The minimum Gasteiger partial charge on any atom is -0.477 e. The van der Waals surface area contributed by atoms with Crippen LogP contribution in [-0.2, 0) is 14.4 Å². The summed E-state index contributed by atoms with van der Waals surface area (Å²) in [6.45, 7) is 0. The molecule has 2 N–H and O–H groups in total. The van der Waals surface area contributed by atoms with Crippen LogP contribution in [0.1, 0.15) is 0 Å². The van der Waals surface area contributed by atoms with Crippen molar-refractivity contribution in [3.63, 3.8) is 0 Å². The monoisotopic (exact) mass is 478 g/mol. The molecule has 6 nitrogen and oxygen atoms in total. The number of fused-ring (bicyclic) bond motifs is 1. The van der Waals surface area contributed by atoms with Crippen molar-refractivity contribution in [1.82, 2.24) is 10.2 Å². The third kappa shape index (κ3) is 4.43.